The molecule has 162 valence electrons. The Bertz CT molecular complexity index is 484. The highest BCUT2D eigenvalue weighted by Crippen LogP contribution is 1.99. The zero-order valence-electron chi connectivity index (χ0n) is 16.8. The Morgan fingerprint density at radius 3 is 1.63 bits per heavy atom. The van der Waals surface area contributed by atoms with E-state index in [1.54, 1.807) is 11.8 Å². The van der Waals surface area contributed by atoms with E-state index in [1.807, 2.05) is 58.8 Å². The fourth-order valence-corrected chi connectivity index (χ4v) is 1.33. The third kappa shape index (κ3) is 29.5. The van der Waals surface area contributed by atoms with Gasteiger partial charge in [-0.05, 0) is 33.4 Å². The smallest absolute Gasteiger partial charge is 0.230 e. The maximum absolute atomic E-state index is 9.58. The summed E-state index contributed by atoms with van der Waals surface area (Å²) in [6.45, 7) is 11.2. The van der Waals surface area contributed by atoms with E-state index in [0.717, 1.165) is 22.4 Å². The van der Waals surface area contributed by atoms with Gasteiger partial charge in [0, 0.05) is 28.1 Å². The van der Waals surface area contributed by atoms with Crippen molar-refractivity contribution in [1.29, 1.82) is 0 Å². The lowest BCUT2D eigenvalue weighted by molar-refractivity contribution is -0.119. The summed E-state index contributed by atoms with van der Waals surface area (Å²) < 4.78 is 1.94. The van der Waals surface area contributed by atoms with Gasteiger partial charge < -0.3 is 9.88 Å². The normalized spacial score (nSPS) is 8.59. The second kappa shape index (κ2) is 24.5. The fourth-order valence-electron chi connectivity index (χ4n) is 0.786. The van der Waals surface area contributed by atoms with Crippen molar-refractivity contribution in [3.63, 3.8) is 0 Å². The third-order valence-electron chi connectivity index (χ3n) is 2.53. The highest BCUT2D eigenvalue weighted by Gasteiger charge is 1.94. The van der Waals surface area contributed by atoms with Gasteiger partial charge in [-0.25, -0.2) is 5.84 Å². The van der Waals surface area contributed by atoms with Crippen molar-refractivity contribution in [3.8, 4) is 0 Å². The van der Waals surface area contributed by atoms with Gasteiger partial charge in [0.1, 0.15) is 11.6 Å². The molecule has 4 N–H and O–H groups in total. The zero-order chi connectivity index (χ0) is 20.4. The van der Waals surface area contributed by atoms with Gasteiger partial charge in [0.05, 0.1) is 10.0 Å². The number of carbonyl (C=O) groups is 1. The number of rotatable bonds is 1. The van der Waals surface area contributed by atoms with Crippen molar-refractivity contribution >= 4 is 39.9 Å². The molecule has 27 heavy (non-hydrogen) atoms. The van der Waals surface area contributed by atoms with E-state index < -0.39 is 0 Å². The van der Waals surface area contributed by atoms with Crippen LogP contribution in [0, 0.1) is 13.8 Å². The van der Waals surface area contributed by atoms with Crippen molar-refractivity contribution in [2.24, 2.45) is 17.9 Å². The topological polar surface area (TPSA) is 110 Å². The summed E-state index contributed by atoms with van der Waals surface area (Å²) in [5.41, 5.74) is 1.89. The Kier molecular flexibility index (Phi) is 33.0. The molecule has 8 nitrogen and oxygen atoms in total. The monoisotopic (exact) mass is 423 g/mol. The van der Waals surface area contributed by atoms with Crippen LogP contribution in [0.3, 0.4) is 0 Å². The first kappa shape index (κ1) is 36.4. The van der Waals surface area contributed by atoms with Gasteiger partial charge in [0.15, 0.2) is 0 Å². The number of amides is 1. The second-order valence-electron chi connectivity index (χ2n) is 4.54. The fraction of sp³-hybridized carbons (Fsp3) is 0.706. The van der Waals surface area contributed by atoms with E-state index in [2.05, 4.69) is 45.5 Å². The minimum atomic E-state index is -0.218. The van der Waals surface area contributed by atoms with Crippen molar-refractivity contribution in [3.05, 3.63) is 11.6 Å². The molecule has 0 bridgehead atoms. The third-order valence-corrected chi connectivity index (χ3v) is 3.63. The van der Waals surface area contributed by atoms with Crippen LogP contribution in [0.5, 0.6) is 0 Å². The quantitative estimate of drug-likeness (QED) is 0.159. The maximum Gasteiger partial charge on any atom is 0.230 e. The number of nitrogens with zero attached hydrogens (tertiary/aromatic N) is 4. The SMILES string of the molecule is C.C.CC(=O)NN.CCSC(C)=NC.CNC(C)=S.Cc1nnc(C)n1C. The first-order chi connectivity index (χ1) is 11.6. The highest BCUT2D eigenvalue weighted by atomic mass is 32.2. The summed E-state index contributed by atoms with van der Waals surface area (Å²) in [7, 11) is 5.57. The van der Waals surface area contributed by atoms with Crippen molar-refractivity contribution in [2.45, 2.75) is 56.4 Å². The largest absolute Gasteiger partial charge is 0.383 e. The molecule has 0 aliphatic carbocycles. The number of aryl methyl sites for hydroxylation is 2. The predicted molar refractivity (Wildman–Crippen MR) is 126 cm³/mol. The van der Waals surface area contributed by atoms with Crippen molar-refractivity contribution in [2.75, 3.05) is 19.8 Å². The minimum absolute atomic E-state index is 0. The Morgan fingerprint density at radius 1 is 1.22 bits per heavy atom. The molecular weight excluding hydrogens is 382 g/mol. The molecule has 1 aromatic rings. The number of nitrogens with two attached hydrogens (primary N) is 1. The maximum atomic E-state index is 9.58. The number of hydrazine groups is 1. The molecule has 0 saturated carbocycles. The van der Waals surface area contributed by atoms with Crippen LogP contribution in [-0.4, -0.2) is 50.6 Å². The van der Waals surface area contributed by atoms with Gasteiger partial charge in [-0.3, -0.25) is 15.2 Å². The molecule has 1 heterocycles. The average Bonchev–Trinajstić information content (AvgIpc) is 2.87. The second-order valence-corrected chi connectivity index (χ2v) is 6.61. The summed E-state index contributed by atoms with van der Waals surface area (Å²) in [5.74, 6) is 7.40. The summed E-state index contributed by atoms with van der Waals surface area (Å²) in [6, 6.07) is 0. The predicted octanol–water partition coefficient (Wildman–Crippen LogP) is 3.04. The van der Waals surface area contributed by atoms with Crippen LogP contribution in [0.4, 0.5) is 0 Å². The molecule has 0 radical (unpaired) electrons. The molecule has 10 heteroatoms. The zero-order valence-corrected chi connectivity index (χ0v) is 18.4. The molecule has 1 rings (SSSR count). The van der Waals surface area contributed by atoms with Gasteiger partial charge >= 0.3 is 0 Å². The molecule has 0 aromatic carbocycles. The lowest BCUT2D eigenvalue weighted by atomic mass is 10.6. The lowest BCUT2D eigenvalue weighted by Crippen LogP contribution is -2.26. The summed E-state index contributed by atoms with van der Waals surface area (Å²) in [4.78, 5) is 14.4. The molecule has 1 amide bonds. The lowest BCUT2D eigenvalue weighted by Gasteiger charge is -1.90. The Morgan fingerprint density at radius 2 is 1.56 bits per heavy atom. The van der Waals surface area contributed by atoms with Gasteiger partial charge in [-0.2, -0.15) is 0 Å². The van der Waals surface area contributed by atoms with Gasteiger partial charge in [-0.1, -0.05) is 34.0 Å². The number of aliphatic imine (C=N–C) groups is 1. The van der Waals surface area contributed by atoms with Crippen molar-refractivity contribution in [1.82, 2.24) is 25.5 Å². The van der Waals surface area contributed by atoms with E-state index >= 15 is 0 Å². The van der Waals surface area contributed by atoms with Crippen LogP contribution in [0.1, 0.15) is 54.2 Å². The Balaban J connectivity index is -0.0000000795. The summed E-state index contributed by atoms with van der Waals surface area (Å²) in [5, 5.41) is 11.6. The number of hydrogen-bond acceptors (Lipinski definition) is 7. The molecule has 0 unspecified atom stereocenters. The van der Waals surface area contributed by atoms with Gasteiger partial charge in [-0.15, -0.1) is 22.0 Å². The molecule has 0 aliphatic rings. The van der Waals surface area contributed by atoms with Crippen LogP contribution in [0.2, 0.25) is 0 Å². The van der Waals surface area contributed by atoms with Gasteiger partial charge in [0.2, 0.25) is 5.91 Å². The van der Waals surface area contributed by atoms with Crippen LogP contribution in [0.15, 0.2) is 4.99 Å². The molecule has 1 aromatic heterocycles. The Hall–Kier alpha value is -1.52. The molecule has 0 atom stereocenters. The summed E-state index contributed by atoms with van der Waals surface area (Å²) >= 11 is 6.37. The van der Waals surface area contributed by atoms with E-state index in [4.69, 9.17) is 0 Å². The van der Waals surface area contributed by atoms with E-state index in [0.29, 0.717) is 0 Å². The first-order valence-electron chi connectivity index (χ1n) is 7.61. The van der Waals surface area contributed by atoms with E-state index in [-0.39, 0.29) is 20.8 Å². The van der Waals surface area contributed by atoms with E-state index in [1.165, 1.54) is 12.0 Å². The average molecular weight is 424 g/mol. The number of thioether (sulfide) groups is 1. The van der Waals surface area contributed by atoms with Crippen LogP contribution in [0.25, 0.3) is 0 Å². The number of hydrogen-bond donors (Lipinski definition) is 3. The number of carbonyl (C=O) groups excluding carboxylic acids is 1. The standard InChI is InChI=1S/C5H9N3.C5H11NS.C3H7NS.C2H6N2O.2CH4/c1-4-6-7-5(2)8(4)3;1-4-7-5(2)6-3;1-3(5)4-2;1-2(5)4-3;;/h1-3H3;4H2,1-3H3;1-2H3,(H,4,5);3H2,1H3,(H,4,5);2*1H4. The molecule has 0 spiro atoms. The Labute approximate surface area is 176 Å². The molecule has 0 saturated heterocycles. The minimum Gasteiger partial charge on any atom is -0.383 e. The van der Waals surface area contributed by atoms with Crippen LogP contribution >= 0.6 is 24.0 Å². The number of thiocarbonyl (C=S) groups is 1. The molecule has 0 aliphatic heterocycles. The highest BCUT2D eigenvalue weighted by molar-refractivity contribution is 8.13. The first-order valence-corrected chi connectivity index (χ1v) is 9.00. The van der Waals surface area contributed by atoms with E-state index in [9.17, 15) is 4.79 Å². The molecule has 0 fully saturated rings. The van der Waals surface area contributed by atoms with Crippen molar-refractivity contribution < 1.29 is 4.79 Å². The summed E-state index contributed by atoms with van der Waals surface area (Å²) in [6.07, 6.45) is 0. The number of nitrogens with one attached hydrogen (secondary N) is 2. The van der Waals surface area contributed by atoms with Crippen LogP contribution < -0.4 is 16.6 Å². The van der Waals surface area contributed by atoms with Crippen LogP contribution in [-0.2, 0) is 11.8 Å². The van der Waals surface area contributed by atoms with Gasteiger partial charge in [0.25, 0.3) is 0 Å². The number of aromatic nitrogens is 3. The molecular formula is C17H41N7OS2.